The van der Waals surface area contributed by atoms with Crippen LogP contribution in [-0.4, -0.2) is 37.0 Å². The number of fused-ring (bicyclic) bond motifs is 1. The Kier molecular flexibility index (Phi) is 3.62. The fourth-order valence-corrected chi connectivity index (χ4v) is 2.07. The smallest absolute Gasteiger partial charge is 0.337 e. The molecule has 2 N–H and O–H groups in total. The van der Waals surface area contributed by atoms with E-state index in [-0.39, 0.29) is 5.91 Å². The molecule has 1 aromatic carbocycles. The molecule has 2 rings (SSSR count). The molecule has 1 amide bonds. The molecule has 96 valence electrons. The Balaban J connectivity index is 2.22. The van der Waals surface area contributed by atoms with Gasteiger partial charge in [0.2, 0.25) is 0 Å². The lowest BCUT2D eigenvalue weighted by atomic mass is 10.1. The molecule has 1 aliphatic rings. The molecule has 1 aliphatic heterocycles. The number of esters is 1. The molecule has 0 saturated carbocycles. The predicted molar refractivity (Wildman–Crippen MR) is 66.2 cm³/mol. The summed E-state index contributed by atoms with van der Waals surface area (Å²) in [6.45, 7) is 1.81. The monoisotopic (exact) mass is 248 g/mol. The Labute approximate surface area is 106 Å². The van der Waals surface area contributed by atoms with Crippen molar-refractivity contribution in [3.63, 3.8) is 0 Å². The topological polar surface area (TPSA) is 72.6 Å². The first kappa shape index (κ1) is 12.6. The van der Waals surface area contributed by atoms with Crippen molar-refractivity contribution in [2.45, 2.75) is 13.0 Å². The minimum atomic E-state index is -0.425. The van der Waals surface area contributed by atoms with Crippen molar-refractivity contribution >= 4 is 11.9 Å². The Hall–Kier alpha value is -1.88. The number of hydrogen-bond acceptors (Lipinski definition) is 4. The summed E-state index contributed by atoms with van der Waals surface area (Å²) in [5, 5.41) is 0. The first-order valence-electron chi connectivity index (χ1n) is 5.88. The highest BCUT2D eigenvalue weighted by Gasteiger charge is 2.27. The summed E-state index contributed by atoms with van der Waals surface area (Å²) in [4.78, 5) is 25.3. The Morgan fingerprint density at radius 3 is 2.94 bits per heavy atom. The van der Waals surface area contributed by atoms with Crippen molar-refractivity contribution in [1.29, 1.82) is 0 Å². The predicted octanol–water partition coefficient (Wildman–Crippen LogP) is 0.778. The van der Waals surface area contributed by atoms with Crippen molar-refractivity contribution in [3.8, 4) is 0 Å². The molecule has 0 radical (unpaired) electrons. The molecular formula is C13H16N2O3. The van der Waals surface area contributed by atoms with Crippen LogP contribution in [0.1, 0.15) is 32.7 Å². The molecule has 0 atom stereocenters. The standard InChI is InChI=1S/C13H16N2O3/c1-18-13(17)9-3-4-10-8-15(6-2-5-14)12(16)11(10)7-9/h3-4,7H,2,5-6,8,14H2,1H3. The molecule has 5 nitrogen and oxygen atoms in total. The molecule has 0 unspecified atom stereocenters. The van der Waals surface area contributed by atoms with E-state index in [0.717, 1.165) is 12.0 Å². The molecule has 18 heavy (non-hydrogen) atoms. The summed E-state index contributed by atoms with van der Waals surface area (Å²) in [6, 6.07) is 5.10. The number of nitrogens with zero attached hydrogens (tertiary/aromatic N) is 1. The average molecular weight is 248 g/mol. The summed E-state index contributed by atoms with van der Waals surface area (Å²) in [6.07, 6.45) is 0.781. The zero-order valence-electron chi connectivity index (χ0n) is 10.3. The molecule has 0 aliphatic carbocycles. The van der Waals surface area contributed by atoms with E-state index >= 15 is 0 Å². The zero-order chi connectivity index (χ0) is 13.1. The van der Waals surface area contributed by atoms with Gasteiger partial charge in [-0.2, -0.15) is 0 Å². The third-order valence-electron chi connectivity index (χ3n) is 3.04. The van der Waals surface area contributed by atoms with E-state index in [0.29, 0.717) is 30.8 Å². The van der Waals surface area contributed by atoms with E-state index in [9.17, 15) is 9.59 Å². The second-order valence-electron chi connectivity index (χ2n) is 4.23. The van der Waals surface area contributed by atoms with E-state index in [1.54, 1.807) is 17.0 Å². The van der Waals surface area contributed by atoms with Gasteiger partial charge in [-0.15, -0.1) is 0 Å². The minimum Gasteiger partial charge on any atom is -0.465 e. The molecule has 0 fully saturated rings. The Bertz CT molecular complexity index is 485. The van der Waals surface area contributed by atoms with Crippen LogP contribution in [0.2, 0.25) is 0 Å². The van der Waals surface area contributed by atoms with Gasteiger partial charge < -0.3 is 15.4 Å². The lowest BCUT2D eigenvalue weighted by Gasteiger charge is -2.14. The maximum Gasteiger partial charge on any atom is 0.337 e. The van der Waals surface area contributed by atoms with Gasteiger partial charge in [-0.05, 0) is 30.7 Å². The van der Waals surface area contributed by atoms with Crippen LogP contribution in [-0.2, 0) is 11.3 Å². The zero-order valence-corrected chi connectivity index (χ0v) is 10.3. The average Bonchev–Trinajstić information content (AvgIpc) is 2.72. The number of amides is 1. The summed E-state index contributed by atoms with van der Waals surface area (Å²) in [5.74, 6) is -0.463. The van der Waals surface area contributed by atoms with Gasteiger partial charge in [0.05, 0.1) is 12.7 Å². The second-order valence-corrected chi connectivity index (χ2v) is 4.23. The van der Waals surface area contributed by atoms with E-state index < -0.39 is 5.97 Å². The number of hydrogen-bond donors (Lipinski definition) is 1. The molecule has 0 spiro atoms. The third kappa shape index (κ3) is 2.22. The van der Waals surface area contributed by atoms with Gasteiger partial charge in [0, 0.05) is 18.7 Å². The van der Waals surface area contributed by atoms with E-state index in [2.05, 4.69) is 4.74 Å². The summed E-state index contributed by atoms with van der Waals surface area (Å²) in [5.41, 5.74) is 7.39. The highest BCUT2D eigenvalue weighted by molar-refractivity contribution is 6.01. The van der Waals surface area contributed by atoms with Crippen LogP contribution in [0.5, 0.6) is 0 Å². The lowest BCUT2D eigenvalue weighted by molar-refractivity contribution is 0.0600. The van der Waals surface area contributed by atoms with Gasteiger partial charge in [-0.3, -0.25) is 4.79 Å². The SMILES string of the molecule is COC(=O)c1ccc2c(c1)C(=O)N(CCCN)C2. The van der Waals surface area contributed by atoms with Gasteiger partial charge in [0.25, 0.3) is 5.91 Å². The van der Waals surface area contributed by atoms with Crippen molar-refractivity contribution in [2.75, 3.05) is 20.2 Å². The molecular weight excluding hydrogens is 232 g/mol. The molecule has 1 heterocycles. The number of benzene rings is 1. The highest BCUT2D eigenvalue weighted by atomic mass is 16.5. The highest BCUT2D eigenvalue weighted by Crippen LogP contribution is 2.24. The molecule has 1 aromatic rings. The van der Waals surface area contributed by atoms with Crippen LogP contribution in [0.25, 0.3) is 0 Å². The van der Waals surface area contributed by atoms with Gasteiger partial charge in [0.1, 0.15) is 0 Å². The van der Waals surface area contributed by atoms with Crippen LogP contribution in [0.3, 0.4) is 0 Å². The third-order valence-corrected chi connectivity index (χ3v) is 3.04. The van der Waals surface area contributed by atoms with E-state index in [4.69, 9.17) is 5.73 Å². The van der Waals surface area contributed by atoms with Crippen molar-refractivity contribution < 1.29 is 14.3 Å². The van der Waals surface area contributed by atoms with Crippen molar-refractivity contribution in [1.82, 2.24) is 4.90 Å². The first-order valence-corrected chi connectivity index (χ1v) is 5.88. The van der Waals surface area contributed by atoms with Crippen LogP contribution < -0.4 is 5.73 Å². The largest absolute Gasteiger partial charge is 0.465 e. The normalized spacial score (nSPS) is 13.7. The molecule has 0 aromatic heterocycles. The summed E-state index contributed by atoms with van der Waals surface area (Å²) < 4.78 is 4.64. The first-order chi connectivity index (χ1) is 8.67. The lowest BCUT2D eigenvalue weighted by Crippen LogP contribution is -2.26. The molecule has 5 heteroatoms. The van der Waals surface area contributed by atoms with Crippen LogP contribution >= 0.6 is 0 Å². The van der Waals surface area contributed by atoms with Gasteiger partial charge in [0.15, 0.2) is 0 Å². The maximum absolute atomic E-state index is 12.1. The minimum absolute atomic E-state index is 0.0378. The quantitative estimate of drug-likeness (QED) is 0.799. The van der Waals surface area contributed by atoms with E-state index in [1.165, 1.54) is 7.11 Å². The van der Waals surface area contributed by atoms with Crippen LogP contribution in [0.15, 0.2) is 18.2 Å². The molecule has 0 bridgehead atoms. The maximum atomic E-state index is 12.1. The van der Waals surface area contributed by atoms with Gasteiger partial charge >= 0.3 is 5.97 Å². The van der Waals surface area contributed by atoms with Crippen LogP contribution in [0.4, 0.5) is 0 Å². The van der Waals surface area contributed by atoms with Crippen molar-refractivity contribution in [3.05, 3.63) is 34.9 Å². The number of nitrogens with two attached hydrogens (primary N) is 1. The number of ether oxygens (including phenoxy) is 1. The van der Waals surface area contributed by atoms with Crippen molar-refractivity contribution in [2.24, 2.45) is 5.73 Å². The second kappa shape index (κ2) is 5.18. The number of rotatable bonds is 4. The fraction of sp³-hybridized carbons (Fsp3) is 0.385. The summed E-state index contributed by atoms with van der Waals surface area (Å²) >= 11 is 0. The number of carbonyl (C=O) groups is 2. The number of methoxy groups -OCH3 is 1. The van der Waals surface area contributed by atoms with Gasteiger partial charge in [-0.25, -0.2) is 4.79 Å². The van der Waals surface area contributed by atoms with Crippen LogP contribution in [0, 0.1) is 0 Å². The Morgan fingerprint density at radius 1 is 1.50 bits per heavy atom. The molecule has 0 saturated heterocycles. The fourth-order valence-electron chi connectivity index (χ4n) is 2.07. The van der Waals surface area contributed by atoms with E-state index in [1.807, 2.05) is 6.07 Å². The Morgan fingerprint density at radius 2 is 2.28 bits per heavy atom. The number of carbonyl (C=O) groups excluding carboxylic acids is 2. The summed E-state index contributed by atoms with van der Waals surface area (Å²) in [7, 11) is 1.32. The van der Waals surface area contributed by atoms with Gasteiger partial charge in [-0.1, -0.05) is 6.07 Å².